The van der Waals surface area contributed by atoms with Crippen molar-refractivity contribution in [2.45, 2.75) is 38.0 Å². The van der Waals surface area contributed by atoms with Crippen molar-refractivity contribution in [1.29, 1.82) is 0 Å². The summed E-state index contributed by atoms with van der Waals surface area (Å²) in [7, 11) is 0. The molecule has 2 heterocycles. The number of allylic oxidation sites excluding steroid dienone is 1. The number of hydrogen-bond acceptors (Lipinski definition) is 4. The number of benzene rings is 1. The fourth-order valence-electron chi connectivity index (χ4n) is 3.94. The fraction of sp³-hybridized carbons (Fsp3) is 0.333. The number of amides is 2. The normalized spacial score (nSPS) is 20.0. The molecule has 1 saturated carbocycles. The number of carbonyl (C=O) groups is 2. The summed E-state index contributed by atoms with van der Waals surface area (Å²) < 4.78 is 80.8. The first-order valence-corrected chi connectivity index (χ1v) is 10.9. The third-order valence-corrected chi connectivity index (χ3v) is 5.90. The number of pyridine rings is 1. The van der Waals surface area contributed by atoms with E-state index in [-0.39, 0.29) is 35.0 Å². The van der Waals surface area contributed by atoms with Gasteiger partial charge in [0.05, 0.1) is 11.1 Å². The molecule has 0 spiro atoms. The maximum Gasteiger partial charge on any atom is 0.416 e. The number of nitrogens with one attached hydrogen (secondary N) is 2. The third-order valence-electron chi connectivity index (χ3n) is 5.90. The molecule has 2 atom stereocenters. The number of aliphatic imine (C=N–C) groups is 1. The first-order valence-electron chi connectivity index (χ1n) is 10.9. The average molecular weight is 510 g/mol. The smallest absolute Gasteiger partial charge is 0.324 e. The van der Waals surface area contributed by atoms with Crippen LogP contribution in [-0.2, 0) is 17.1 Å². The molecule has 6 nitrogen and oxygen atoms in total. The van der Waals surface area contributed by atoms with Crippen LogP contribution in [0.4, 0.5) is 32.2 Å². The van der Waals surface area contributed by atoms with Gasteiger partial charge in [-0.1, -0.05) is 13.0 Å². The van der Waals surface area contributed by atoms with E-state index in [1.807, 2.05) is 0 Å². The summed E-state index contributed by atoms with van der Waals surface area (Å²) in [6, 6.07) is 4.11. The molecule has 4 rings (SSSR count). The molecular formula is C24H20F6N4O2. The number of rotatable bonds is 5. The van der Waals surface area contributed by atoms with Crippen molar-refractivity contribution in [3.8, 4) is 0 Å². The molecule has 2 unspecified atom stereocenters. The van der Waals surface area contributed by atoms with Gasteiger partial charge in [-0.3, -0.25) is 14.6 Å². The highest BCUT2D eigenvalue weighted by Crippen LogP contribution is 2.43. The predicted octanol–water partition coefficient (Wildman–Crippen LogP) is 5.54. The average Bonchev–Trinajstić information content (AvgIpc) is 3.63. The Morgan fingerprint density at radius 3 is 2.33 bits per heavy atom. The molecule has 1 fully saturated rings. The van der Waals surface area contributed by atoms with E-state index < -0.39 is 46.8 Å². The van der Waals surface area contributed by atoms with Gasteiger partial charge in [-0.05, 0) is 42.7 Å². The van der Waals surface area contributed by atoms with Crippen LogP contribution in [-0.4, -0.2) is 23.0 Å². The fourth-order valence-corrected chi connectivity index (χ4v) is 3.94. The molecule has 1 aliphatic heterocycles. The molecule has 2 amide bonds. The number of anilines is 1. The summed E-state index contributed by atoms with van der Waals surface area (Å²) in [6.07, 6.45) is -4.68. The lowest BCUT2D eigenvalue weighted by Gasteiger charge is -2.30. The summed E-state index contributed by atoms with van der Waals surface area (Å²) in [6.45, 7) is 1.54. The van der Waals surface area contributed by atoms with Crippen molar-refractivity contribution < 1.29 is 35.9 Å². The van der Waals surface area contributed by atoms with Crippen LogP contribution in [0.25, 0.3) is 0 Å². The van der Waals surface area contributed by atoms with E-state index in [1.54, 1.807) is 6.92 Å². The highest BCUT2D eigenvalue weighted by atomic mass is 19.4. The van der Waals surface area contributed by atoms with Crippen LogP contribution < -0.4 is 10.6 Å². The van der Waals surface area contributed by atoms with Gasteiger partial charge in [0.2, 0.25) is 5.91 Å². The van der Waals surface area contributed by atoms with Crippen molar-refractivity contribution in [2.75, 3.05) is 5.32 Å². The number of nitrogens with zero attached hydrogens (tertiary/aromatic N) is 2. The van der Waals surface area contributed by atoms with E-state index in [9.17, 15) is 35.9 Å². The molecule has 190 valence electrons. The van der Waals surface area contributed by atoms with Crippen molar-refractivity contribution in [3.63, 3.8) is 0 Å². The predicted molar refractivity (Wildman–Crippen MR) is 118 cm³/mol. The van der Waals surface area contributed by atoms with E-state index in [2.05, 4.69) is 20.6 Å². The Balaban J connectivity index is 1.63. The van der Waals surface area contributed by atoms with Crippen LogP contribution in [0.1, 0.15) is 52.7 Å². The summed E-state index contributed by atoms with van der Waals surface area (Å²) in [5.41, 5.74) is -3.24. The highest BCUT2D eigenvalue weighted by Gasteiger charge is 2.41. The van der Waals surface area contributed by atoms with E-state index in [4.69, 9.17) is 0 Å². The standard InChI is InChI=1S/C24H20F6N4O2/c1-12-10-31-11-18(20(12)16-5-4-15(23(25,26)27)9-17(16)24(28,29)30)33-22(36)14-6-7-32-19(8-14)34-21(35)13-2-3-13/h4-13,20H,2-3H2,1H3,(H,33,36)(H,32,34,35). The maximum absolute atomic E-state index is 13.8. The second kappa shape index (κ2) is 9.40. The number of alkyl halides is 6. The molecule has 1 aromatic heterocycles. The minimum atomic E-state index is -5.07. The summed E-state index contributed by atoms with van der Waals surface area (Å²) in [4.78, 5) is 32.9. The van der Waals surface area contributed by atoms with Gasteiger partial charge in [-0.2, -0.15) is 26.3 Å². The van der Waals surface area contributed by atoms with Crippen LogP contribution in [0.5, 0.6) is 0 Å². The minimum Gasteiger partial charge on any atom is -0.324 e. The first kappa shape index (κ1) is 25.4. The number of carbonyl (C=O) groups excluding carboxylic acids is 2. The molecule has 1 aromatic carbocycles. The van der Waals surface area contributed by atoms with Gasteiger partial charge in [-0.15, -0.1) is 0 Å². The largest absolute Gasteiger partial charge is 0.416 e. The highest BCUT2D eigenvalue weighted by molar-refractivity contribution is 5.98. The molecular weight excluding hydrogens is 490 g/mol. The van der Waals surface area contributed by atoms with Crippen LogP contribution >= 0.6 is 0 Å². The number of halogens is 6. The zero-order valence-electron chi connectivity index (χ0n) is 18.7. The molecule has 1 aliphatic carbocycles. The topological polar surface area (TPSA) is 83.4 Å². The SMILES string of the molecule is CC1C=NC=C(NC(=O)c2ccnc(NC(=O)C3CC3)c2)C1c1ccc(C(F)(F)F)cc1C(F)(F)F. The molecule has 0 radical (unpaired) electrons. The number of hydrogen-bond donors (Lipinski definition) is 2. The Hall–Kier alpha value is -3.70. The quantitative estimate of drug-likeness (QED) is 0.518. The molecule has 0 saturated heterocycles. The maximum atomic E-state index is 13.8. The molecule has 2 aromatic rings. The van der Waals surface area contributed by atoms with Gasteiger partial charge in [0.15, 0.2) is 0 Å². The van der Waals surface area contributed by atoms with Gasteiger partial charge < -0.3 is 10.6 Å². The first-order chi connectivity index (χ1) is 16.8. The van der Waals surface area contributed by atoms with Crippen molar-refractivity contribution in [2.24, 2.45) is 16.8 Å². The van der Waals surface area contributed by atoms with Crippen molar-refractivity contribution in [1.82, 2.24) is 10.3 Å². The van der Waals surface area contributed by atoms with Crippen molar-refractivity contribution in [3.05, 3.63) is 70.7 Å². The van der Waals surface area contributed by atoms with Crippen LogP contribution in [0, 0.1) is 11.8 Å². The second-order valence-electron chi connectivity index (χ2n) is 8.66. The molecule has 0 bridgehead atoms. The second-order valence-corrected chi connectivity index (χ2v) is 8.66. The molecule has 12 heteroatoms. The van der Waals surface area contributed by atoms with E-state index in [1.165, 1.54) is 24.5 Å². The van der Waals surface area contributed by atoms with Gasteiger partial charge in [0, 0.05) is 47.6 Å². The van der Waals surface area contributed by atoms with Crippen LogP contribution in [0.2, 0.25) is 0 Å². The van der Waals surface area contributed by atoms with Crippen molar-refractivity contribution >= 4 is 23.8 Å². The Labute approximate surface area is 201 Å². The van der Waals surface area contributed by atoms with E-state index in [0.29, 0.717) is 6.07 Å². The van der Waals surface area contributed by atoms with E-state index in [0.717, 1.165) is 25.1 Å². The zero-order chi connectivity index (χ0) is 26.3. The molecule has 36 heavy (non-hydrogen) atoms. The monoisotopic (exact) mass is 510 g/mol. The lowest BCUT2D eigenvalue weighted by Crippen LogP contribution is -2.32. The Bertz CT molecular complexity index is 1250. The van der Waals surface area contributed by atoms with Gasteiger partial charge in [-0.25, -0.2) is 4.98 Å². The lowest BCUT2D eigenvalue weighted by atomic mass is 9.81. The summed E-state index contributed by atoms with van der Waals surface area (Å²) in [5.74, 6) is -2.68. The summed E-state index contributed by atoms with van der Waals surface area (Å²) in [5, 5.41) is 5.13. The van der Waals surface area contributed by atoms with Gasteiger partial charge in [0.25, 0.3) is 5.91 Å². The van der Waals surface area contributed by atoms with Gasteiger partial charge >= 0.3 is 12.4 Å². The van der Waals surface area contributed by atoms with Crippen LogP contribution in [0.15, 0.2) is 53.4 Å². The number of aromatic nitrogens is 1. The Morgan fingerprint density at radius 1 is 0.972 bits per heavy atom. The Kier molecular flexibility index (Phi) is 6.63. The third kappa shape index (κ3) is 5.58. The lowest BCUT2D eigenvalue weighted by molar-refractivity contribution is -0.143. The molecule has 2 aliphatic rings. The zero-order valence-corrected chi connectivity index (χ0v) is 18.7. The van der Waals surface area contributed by atoms with Gasteiger partial charge in [0.1, 0.15) is 5.82 Å². The van der Waals surface area contributed by atoms with E-state index >= 15 is 0 Å². The Morgan fingerprint density at radius 2 is 1.69 bits per heavy atom. The minimum absolute atomic E-state index is 0.0133. The van der Waals surface area contributed by atoms with Crippen LogP contribution in [0.3, 0.4) is 0 Å². The molecule has 2 N–H and O–H groups in total. The summed E-state index contributed by atoms with van der Waals surface area (Å²) >= 11 is 0.